The van der Waals surface area contributed by atoms with Crippen molar-refractivity contribution in [1.29, 1.82) is 0 Å². The maximum absolute atomic E-state index is 7.10. The molecule has 1 aliphatic rings. The molecule has 0 radical (unpaired) electrons. The average Bonchev–Trinajstić information content (AvgIpc) is 3.63. The minimum absolute atomic E-state index is 0.326. The average molecular weight is 632 g/mol. The fraction of sp³-hybridized carbons (Fsp3) is 0.529. The first-order valence-electron chi connectivity index (χ1n) is 16.2. The Hall–Kier alpha value is -3.54. The summed E-state index contributed by atoms with van der Waals surface area (Å²) < 4.78 is 22.6. The van der Waals surface area contributed by atoms with Gasteiger partial charge in [0.15, 0.2) is 5.82 Å². The van der Waals surface area contributed by atoms with Crippen LogP contribution in [0.3, 0.4) is 0 Å². The van der Waals surface area contributed by atoms with Gasteiger partial charge in [-0.15, -0.1) is 0 Å². The first kappa shape index (κ1) is 32.8. The largest absolute Gasteiger partial charge is 0.463 e. The molecule has 0 amide bonds. The summed E-state index contributed by atoms with van der Waals surface area (Å²) in [4.78, 5) is 12.0. The maximum atomic E-state index is 7.10. The Bertz CT molecular complexity index is 1540. The summed E-state index contributed by atoms with van der Waals surface area (Å²) in [6, 6.07) is 12.9. The summed E-state index contributed by atoms with van der Waals surface area (Å²) in [6.07, 6.45) is 4.56. The molecule has 10 nitrogen and oxygen atoms in total. The van der Waals surface area contributed by atoms with Crippen molar-refractivity contribution in [2.45, 2.75) is 78.1 Å². The fourth-order valence-electron chi connectivity index (χ4n) is 6.76. The van der Waals surface area contributed by atoms with E-state index in [0.717, 1.165) is 41.4 Å². The molecule has 0 aliphatic carbocycles. The number of hydrogen-bond acceptors (Lipinski definition) is 8. The van der Waals surface area contributed by atoms with Gasteiger partial charge in [0.2, 0.25) is 8.32 Å². The van der Waals surface area contributed by atoms with Crippen LogP contribution >= 0.6 is 0 Å². The Kier molecular flexibility index (Phi) is 10.4. The van der Waals surface area contributed by atoms with Crippen LogP contribution < -0.4 is 9.64 Å². The summed E-state index contributed by atoms with van der Waals surface area (Å²) in [5.41, 5.74) is 6.60. The van der Waals surface area contributed by atoms with Crippen molar-refractivity contribution >= 4 is 14.1 Å². The maximum Gasteiger partial charge on any atom is 0.320 e. The summed E-state index contributed by atoms with van der Waals surface area (Å²) >= 11 is 0. The molecule has 1 saturated heterocycles. The van der Waals surface area contributed by atoms with Crippen molar-refractivity contribution in [3.8, 4) is 23.1 Å². The highest BCUT2D eigenvalue weighted by Gasteiger charge is 2.45. The zero-order valence-electron chi connectivity index (χ0n) is 28.2. The van der Waals surface area contributed by atoms with Crippen LogP contribution in [0, 0.1) is 6.92 Å². The fourth-order valence-corrected chi connectivity index (χ4v) is 12.2. The molecule has 4 heterocycles. The third-order valence-corrected chi connectivity index (χ3v) is 14.9. The van der Waals surface area contributed by atoms with Crippen LogP contribution in [0.2, 0.25) is 16.6 Å². The Balaban J connectivity index is 1.55. The molecule has 0 bridgehead atoms. The first-order chi connectivity index (χ1) is 21.6. The number of anilines is 1. The highest BCUT2D eigenvalue weighted by atomic mass is 28.4. The van der Waals surface area contributed by atoms with Crippen molar-refractivity contribution < 1.29 is 13.9 Å². The Labute approximate surface area is 268 Å². The van der Waals surface area contributed by atoms with E-state index in [1.54, 1.807) is 4.68 Å². The molecule has 0 spiro atoms. The van der Waals surface area contributed by atoms with Gasteiger partial charge in [-0.05, 0) is 41.2 Å². The lowest BCUT2D eigenvalue weighted by Crippen LogP contribution is -2.47. The molecule has 1 fully saturated rings. The third kappa shape index (κ3) is 7.48. The minimum Gasteiger partial charge on any atom is -0.463 e. The molecule has 0 unspecified atom stereocenters. The van der Waals surface area contributed by atoms with Gasteiger partial charge in [-0.3, -0.25) is 4.68 Å². The van der Waals surface area contributed by atoms with E-state index in [4.69, 9.17) is 29.0 Å². The molecular weight excluding hydrogens is 583 g/mol. The number of rotatable bonds is 13. The second kappa shape index (κ2) is 14.3. The van der Waals surface area contributed by atoms with Crippen LogP contribution in [0.4, 0.5) is 5.82 Å². The van der Waals surface area contributed by atoms with Crippen molar-refractivity contribution in [3.05, 3.63) is 65.6 Å². The molecule has 0 saturated carbocycles. The van der Waals surface area contributed by atoms with Gasteiger partial charge in [0.1, 0.15) is 5.82 Å². The molecule has 5 rings (SSSR count). The molecule has 11 heteroatoms. The van der Waals surface area contributed by atoms with Gasteiger partial charge in [-0.2, -0.15) is 20.2 Å². The topological polar surface area (TPSA) is 92.3 Å². The van der Waals surface area contributed by atoms with Crippen molar-refractivity contribution in [2.75, 3.05) is 37.8 Å². The molecule has 4 aromatic rings. The van der Waals surface area contributed by atoms with Crippen LogP contribution in [0.5, 0.6) is 6.01 Å². The summed E-state index contributed by atoms with van der Waals surface area (Å²) in [5, 5.41) is 9.41. The molecule has 242 valence electrons. The molecular formula is C34H49N7O3Si. The SMILES string of the molecule is Cc1cccc(-c2cc(CO[Si](C(C)C)(C(C)C)C(C)C)n(-c3cc(N4CCOCC4)nc(OCCc4cnn(C)c4)n3)n2)c1. The zero-order valence-corrected chi connectivity index (χ0v) is 29.2. The number of aromatic nitrogens is 6. The number of aryl methyl sites for hydroxylation is 2. The van der Waals surface area contributed by atoms with Gasteiger partial charge in [0.05, 0.1) is 44.0 Å². The third-order valence-electron chi connectivity index (χ3n) is 8.89. The van der Waals surface area contributed by atoms with E-state index in [1.807, 2.05) is 30.2 Å². The van der Waals surface area contributed by atoms with E-state index in [1.165, 1.54) is 5.56 Å². The van der Waals surface area contributed by atoms with Crippen LogP contribution in [0.1, 0.15) is 58.4 Å². The van der Waals surface area contributed by atoms with Crippen LogP contribution in [-0.2, 0) is 29.2 Å². The van der Waals surface area contributed by atoms with Crippen molar-refractivity contribution in [2.24, 2.45) is 7.05 Å². The van der Waals surface area contributed by atoms with Gasteiger partial charge >= 0.3 is 6.01 Å². The van der Waals surface area contributed by atoms with Gasteiger partial charge < -0.3 is 18.8 Å². The summed E-state index contributed by atoms with van der Waals surface area (Å²) in [6.45, 7) is 19.7. The highest BCUT2D eigenvalue weighted by molar-refractivity contribution is 6.77. The van der Waals surface area contributed by atoms with Crippen LogP contribution in [-0.4, -0.2) is 70.8 Å². The Morgan fingerprint density at radius 1 is 0.933 bits per heavy atom. The molecule has 45 heavy (non-hydrogen) atoms. The number of hydrogen-bond donors (Lipinski definition) is 0. The normalized spacial score (nSPS) is 14.2. The molecule has 3 aromatic heterocycles. The van der Waals surface area contributed by atoms with E-state index in [-0.39, 0.29) is 0 Å². The summed E-state index contributed by atoms with van der Waals surface area (Å²) in [5.74, 6) is 1.46. The van der Waals surface area contributed by atoms with E-state index < -0.39 is 8.32 Å². The van der Waals surface area contributed by atoms with Gasteiger partial charge in [-0.25, -0.2) is 4.68 Å². The second-order valence-corrected chi connectivity index (χ2v) is 18.5. The second-order valence-electron chi connectivity index (χ2n) is 13.0. The molecule has 1 aliphatic heterocycles. The van der Waals surface area contributed by atoms with Gasteiger partial charge in [-0.1, -0.05) is 65.3 Å². The van der Waals surface area contributed by atoms with Crippen LogP contribution in [0.25, 0.3) is 17.1 Å². The minimum atomic E-state index is -2.14. The predicted molar refractivity (Wildman–Crippen MR) is 181 cm³/mol. The van der Waals surface area contributed by atoms with Crippen molar-refractivity contribution in [3.63, 3.8) is 0 Å². The predicted octanol–water partition coefficient (Wildman–Crippen LogP) is 6.52. The van der Waals surface area contributed by atoms with Crippen molar-refractivity contribution in [1.82, 2.24) is 29.5 Å². The number of benzene rings is 1. The molecule has 1 aromatic carbocycles. The zero-order chi connectivity index (χ0) is 32.1. The lowest BCUT2D eigenvalue weighted by molar-refractivity contribution is 0.122. The van der Waals surface area contributed by atoms with E-state index in [9.17, 15) is 0 Å². The van der Waals surface area contributed by atoms with E-state index in [2.05, 4.69) is 88.8 Å². The van der Waals surface area contributed by atoms with Gasteiger partial charge in [0, 0.05) is 44.4 Å². The van der Waals surface area contributed by atoms with Gasteiger partial charge in [0.25, 0.3) is 0 Å². The standard InChI is InChI=1S/C34H49N7O3Si/c1-24(2)45(25(3)4,26(5)6)44-23-30-19-31(29-11-9-10-27(7)18-29)38-41(30)33-20-32(40-13-16-42-17-14-40)36-34(37-33)43-15-12-28-21-35-39(8)22-28/h9-11,18-22,24-26H,12-17,23H2,1-8H3. The van der Waals surface area contributed by atoms with E-state index >= 15 is 0 Å². The Morgan fingerprint density at radius 3 is 2.29 bits per heavy atom. The number of morpholine rings is 1. The molecule has 0 atom stereocenters. The monoisotopic (exact) mass is 631 g/mol. The quantitative estimate of drug-likeness (QED) is 0.154. The lowest BCUT2D eigenvalue weighted by Gasteiger charge is -2.42. The smallest absolute Gasteiger partial charge is 0.320 e. The number of nitrogens with zero attached hydrogens (tertiary/aromatic N) is 7. The highest BCUT2D eigenvalue weighted by Crippen LogP contribution is 2.43. The van der Waals surface area contributed by atoms with Crippen LogP contribution in [0.15, 0.2) is 48.8 Å². The lowest BCUT2D eigenvalue weighted by atomic mass is 10.1. The van der Waals surface area contributed by atoms with E-state index in [0.29, 0.717) is 61.3 Å². The number of ether oxygens (including phenoxy) is 2. The summed E-state index contributed by atoms with van der Waals surface area (Å²) in [7, 11) is -0.223. The Morgan fingerprint density at radius 2 is 1.64 bits per heavy atom. The molecule has 0 N–H and O–H groups in total. The first-order valence-corrected chi connectivity index (χ1v) is 18.3.